The number of carboxylic acid groups (broad SMARTS) is 2. The first-order valence-electron chi connectivity index (χ1n) is 4.86. The van der Waals surface area contributed by atoms with Gasteiger partial charge in [0.2, 0.25) is 0 Å². The molecule has 1 atom stereocenters. The molecule has 1 aliphatic rings. The van der Waals surface area contributed by atoms with Crippen molar-refractivity contribution in [3.63, 3.8) is 0 Å². The number of carbonyl (C=O) groups is 2. The lowest BCUT2D eigenvalue weighted by Gasteiger charge is -2.31. The summed E-state index contributed by atoms with van der Waals surface area (Å²) in [7, 11) is 2.66. The van der Waals surface area contributed by atoms with Crippen molar-refractivity contribution in [2.75, 3.05) is 14.2 Å². The van der Waals surface area contributed by atoms with Gasteiger partial charge in [0, 0.05) is 12.0 Å². The van der Waals surface area contributed by atoms with Crippen LogP contribution in [0.3, 0.4) is 0 Å². The fourth-order valence-electron chi connectivity index (χ4n) is 1.80. The second-order valence-corrected chi connectivity index (χ2v) is 3.89. The van der Waals surface area contributed by atoms with Crippen LogP contribution in [0.4, 0.5) is 0 Å². The van der Waals surface area contributed by atoms with E-state index in [2.05, 4.69) is 0 Å². The summed E-state index contributed by atoms with van der Waals surface area (Å²) in [6.45, 7) is 1.41. The smallest absolute Gasteiger partial charge is 0.331 e. The molecule has 6 heteroatoms. The van der Waals surface area contributed by atoms with Gasteiger partial charge in [0.1, 0.15) is 5.41 Å². The molecule has 94 valence electrons. The highest BCUT2D eigenvalue weighted by atomic mass is 16.5. The van der Waals surface area contributed by atoms with E-state index in [9.17, 15) is 14.7 Å². The van der Waals surface area contributed by atoms with Crippen molar-refractivity contribution in [1.82, 2.24) is 0 Å². The molecular weight excluding hydrogens is 228 g/mol. The molecule has 0 fully saturated rings. The average molecular weight is 242 g/mol. The van der Waals surface area contributed by atoms with Gasteiger partial charge in [-0.1, -0.05) is 0 Å². The third kappa shape index (κ3) is 2.11. The zero-order valence-corrected chi connectivity index (χ0v) is 9.81. The first kappa shape index (κ1) is 13.1. The Kier molecular flexibility index (Phi) is 3.45. The van der Waals surface area contributed by atoms with E-state index in [1.807, 2.05) is 0 Å². The van der Waals surface area contributed by atoms with E-state index < -0.39 is 17.4 Å². The van der Waals surface area contributed by atoms with Gasteiger partial charge in [-0.25, -0.2) is 4.79 Å². The van der Waals surface area contributed by atoms with Gasteiger partial charge in [-0.3, -0.25) is 4.79 Å². The molecule has 0 bridgehead atoms. The van der Waals surface area contributed by atoms with E-state index in [1.165, 1.54) is 27.2 Å². The van der Waals surface area contributed by atoms with Crippen LogP contribution in [0, 0.1) is 5.41 Å². The molecule has 0 spiro atoms. The molecule has 0 saturated heterocycles. The van der Waals surface area contributed by atoms with Gasteiger partial charge >= 0.3 is 11.9 Å². The first-order valence-corrected chi connectivity index (χ1v) is 4.86. The molecule has 2 N–H and O–H groups in total. The van der Waals surface area contributed by atoms with Crippen LogP contribution in [-0.2, 0) is 19.1 Å². The lowest BCUT2D eigenvalue weighted by atomic mass is 9.77. The number of methoxy groups -OCH3 is 2. The number of hydrogen-bond donors (Lipinski definition) is 2. The van der Waals surface area contributed by atoms with Gasteiger partial charge in [-0.15, -0.1) is 0 Å². The van der Waals surface area contributed by atoms with Crippen molar-refractivity contribution in [3.8, 4) is 0 Å². The van der Waals surface area contributed by atoms with E-state index in [4.69, 9.17) is 14.6 Å². The Morgan fingerprint density at radius 2 is 1.88 bits per heavy atom. The van der Waals surface area contributed by atoms with E-state index in [0.29, 0.717) is 0 Å². The van der Waals surface area contributed by atoms with Crippen LogP contribution in [0.5, 0.6) is 0 Å². The molecule has 1 rings (SSSR count). The van der Waals surface area contributed by atoms with Crippen molar-refractivity contribution in [2.24, 2.45) is 5.41 Å². The van der Waals surface area contributed by atoms with Gasteiger partial charge in [0.05, 0.1) is 14.2 Å². The van der Waals surface area contributed by atoms with Crippen LogP contribution in [0.2, 0.25) is 0 Å². The molecule has 17 heavy (non-hydrogen) atoms. The van der Waals surface area contributed by atoms with Crippen LogP contribution in [0.1, 0.15) is 13.3 Å². The second-order valence-electron chi connectivity index (χ2n) is 3.89. The van der Waals surface area contributed by atoms with Crippen molar-refractivity contribution >= 4 is 11.9 Å². The summed E-state index contributed by atoms with van der Waals surface area (Å²) < 4.78 is 10.0. The van der Waals surface area contributed by atoms with E-state index in [-0.39, 0.29) is 23.5 Å². The number of ether oxygens (including phenoxy) is 2. The fraction of sp³-hybridized carbons (Fsp3) is 0.455. The van der Waals surface area contributed by atoms with Gasteiger partial charge < -0.3 is 19.7 Å². The molecule has 0 aromatic heterocycles. The number of hydrogen-bond acceptors (Lipinski definition) is 4. The Morgan fingerprint density at radius 1 is 1.29 bits per heavy atom. The number of allylic oxidation sites excluding steroid dienone is 1. The van der Waals surface area contributed by atoms with Crippen molar-refractivity contribution < 1.29 is 29.3 Å². The SMILES string of the molecule is COC1=C(OC)C(C)(C(=O)O)CC(C(=O)O)=C1. The maximum atomic E-state index is 11.3. The molecule has 0 aromatic carbocycles. The van der Waals surface area contributed by atoms with E-state index in [0.717, 1.165) is 0 Å². The fourth-order valence-corrected chi connectivity index (χ4v) is 1.80. The Hall–Kier alpha value is -1.98. The summed E-state index contributed by atoms with van der Waals surface area (Å²) in [5.74, 6) is -2.07. The summed E-state index contributed by atoms with van der Waals surface area (Å²) in [6, 6.07) is 0. The van der Waals surface area contributed by atoms with Crippen LogP contribution >= 0.6 is 0 Å². The summed E-state index contributed by atoms with van der Waals surface area (Å²) >= 11 is 0. The van der Waals surface area contributed by atoms with Gasteiger partial charge in [-0.05, 0) is 13.0 Å². The molecule has 1 unspecified atom stereocenters. The lowest BCUT2D eigenvalue weighted by molar-refractivity contribution is -0.148. The van der Waals surface area contributed by atoms with Crippen LogP contribution in [0.15, 0.2) is 23.2 Å². The third-order valence-electron chi connectivity index (χ3n) is 2.75. The minimum Gasteiger partial charge on any atom is -0.496 e. The van der Waals surface area contributed by atoms with Gasteiger partial charge in [0.25, 0.3) is 0 Å². The monoisotopic (exact) mass is 242 g/mol. The van der Waals surface area contributed by atoms with Crippen LogP contribution in [0.25, 0.3) is 0 Å². The molecule has 1 aliphatic carbocycles. The number of aliphatic carboxylic acids is 2. The zero-order valence-electron chi connectivity index (χ0n) is 9.81. The topological polar surface area (TPSA) is 93.1 Å². The predicted octanol–water partition coefficient (Wildman–Crippen LogP) is 0.996. The highest BCUT2D eigenvalue weighted by Gasteiger charge is 2.45. The van der Waals surface area contributed by atoms with Gasteiger partial charge in [0.15, 0.2) is 11.5 Å². The maximum absolute atomic E-state index is 11.3. The summed E-state index contributed by atoms with van der Waals surface area (Å²) in [5, 5.41) is 18.2. The molecule has 6 nitrogen and oxygen atoms in total. The Bertz CT molecular complexity index is 420. The van der Waals surface area contributed by atoms with Crippen LogP contribution < -0.4 is 0 Å². The summed E-state index contributed by atoms with van der Waals surface area (Å²) in [5.41, 5.74) is -1.45. The molecule has 0 radical (unpaired) electrons. The molecule has 0 aliphatic heterocycles. The zero-order chi connectivity index (χ0) is 13.2. The summed E-state index contributed by atoms with van der Waals surface area (Å²) in [6.07, 6.45) is 1.14. The number of carboxylic acids is 2. The Labute approximate surface area is 98.1 Å². The minimum absolute atomic E-state index is 0.0208. The van der Waals surface area contributed by atoms with Crippen molar-refractivity contribution in [1.29, 1.82) is 0 Å². The molecule has 0 saturated carbocycles. The second kappa shape index (κ2) is 4.48. The molecule has 0 aromatic rings. The predicted molar refractivity (Wildman–Crippen MR) is 57.1 cm³/mol. The van der Waals surface area contributed by atoms with E-state index in [1.54, 1.807) is 0 Å². The highest BCUT2D eigenvalue weighted by molar-refractivity contribution is 5.90. The molecule has 0 amide bonds. The van der Waals surface area contributed by atoms with Crippen molar-refractivity contribution in [2.45, 2.75) is 13.3 Å². The Morgan fingerprint density at radius 3 is 2.24 bits per heavy atom. The average Bonchev–Trinajstić information content (AvgIpc) is 2.27. The maximum Gasteiger partial charge on any atom is 0.331 e. The summed E-state index contributed by atoms with van der Waals surface area (Å²) in [4.78, 5) is 22.2. The third-order valence-corrected chi connectivity index (χ3v) is 2.75. The standard InChI is InChI=1S/C11H14O6/c1-11(10(14)15)5-6(9(12)13)4-7(16-2)8(11)17-3/h4H,5H2,1-3H3,(H,12,13)(H,14,15). The number of rotatable bonds is 4. The van der Waals surface area contributed by atoms with Crippen molar-refractivity contribution in [3.05, 3.63) is 23.2 Å². The highest BCUT2D eigenvalue weighted by Crippen LogP contribution is 2.41. The lowest BCUT2D eigenvalue weighted by Crippen LogP contribution is -2.35. The first-order chi connectivity index (χ1) is 7.86. The Balaban J connectivity index is 3.38. The molecular formula is C11H14O6. The van der Waals surface area contributed by atoms with Crippen LogP contribution in [-0.4, -0.2) is 36.4 Å². The van der Waals surface area contributed by atoms with Gasteiger partial charge in [-0.2, -0.15) is 0 Å². The minimum atomic E-state index is -1.43. The quantitative estimate of drug-likeness (QED) is 0.763. The normalized spacial score (nSPS) is 24.1. The molecule has 0 heterocycles. The van der Waals surface area contributed by atoms with E-state index >= 15 is 0 Å². The largest absolute Gasteiger partial charge is 0.496 e.